The number of nitrogens with zero attached hydrogens (tertiary/aromatic N) is 3. The molecular weight excluding hydrogens is 534 g/mol. The maximum absolute atomic E-state index is 13.3. The summed E-state index contributed by atoms with van der Waals surface area (Å²) >= 11 is 0. The Balaban J connectivity index is 1.89. The first-order valence-electron chi connectivity index (χ1n) is 11.7. The van der Waals surface area contributed by atoms with Gasteiger partial charge in [0, 0.05) is 16.9 Å². The van der Waals surface area contributed by atoms with Gasteiger partial charge in [-0.05, 0) is 79.9 Å². The smallest absolute Gasteiger partial charge is 0.400 e. The number of carbonyl (C=O) groups is 3. The van der Waals surface area contributed by atoms with Crippen molar-refractivity contribution in [3.05, 3.63) is 76.9 Å². The molecule has 0 saturated carbocycles. The molecule has 13 heteroatoms. The summed E-state index contributed by atoms with van der Waals surface area (Å²) in [6, 6.07) is 13.1. The third-order valence-electron chi connectivity index (χ3n) is 5.71. The number of Topliss-reactive ketones (excluding diaryl/α,β-unsaturated/α-hetero) is 1. The van der Waals surface area contributed by atoms with Crippen molar-refractivity contribution in [2.24, 2.45) is 15.0 Å². The van der Waals surface area contributed by atoms with E-state index in [0.29, 0.717) is 16.7 Å². The summed E-state index contributed by atoms with van der Waals surface area (Å²) in [7, 11) is 0. The molecule has 0 radical (unpaired) electrons. The molecule has 41 heavy (non-hydrogen) atoms. The second-order valence-electron chi connectivity index (χ2n) is 8.27. The van der Waals surface area contributed by atoms with Crippen molar-refractivity contribution < 1.29 is 38.2 Å². The van der Waals surface area contributed by atoms with E-state index in [4.69, 9.17) is 9.47 Å². The fraction of sp³-hybridized carbons (Fsp3) is 0.143. The van der Waals surface area contributed by atoms with Crippen molar-refractivity contribution in [3.8, 4) is 0 Å². The SMILES string of the molecule is Cc1cc(C(=O)C(OC(=O)Nc2cccc(N=C=O)c2C)OC(=O)Nc2cccc(N=C=O)c2C)ccc1N=C=O. The number of ketones is 1. The lowest BCUT2D eigenvalue weighted by atomic mass is 10.1. The van der Waals surface area contributed by atoms with Gasteiger partial charge in [-0.2, -0.15) is 15.0 Å². The fourth-order valence-corrected chi connectivity index (χ4v) is 3.58. The Morgan fingerprint density at radius 3 is 1.59 bits per heavy atom. The molecule has 2 N–H and O–H groups in total. The Kier molecular flexibility index (Phi) is 9.88. The first-order valence-corrected chi connectivity index (χ1v) is 11.7. The number of anilines is 2. The van der Waals surface area contributed by atoms with Gasteiger partial charge in [0.15, 0.2) is 0 Å². The summed E-state index contributed by atoms with van der Waals surface area (Å²) in [5, 5.41) is 4.83. The maximum Gasteiger partial charge on any atom is 0.415 e. The van der Waals surface area contributed by atoms with E-state index in [1.165, 1.54) is 72.8 Å². The van der Waals surface area contributed by atoms with Crippen LogP contribution in [0.1, 0.15) is 27.0 Å². The van der Waals surface area contributed by atoms with Crippen molar-refractivity contribution in [2.45, 2.75) is 27.1 Å². The monoisotopic (exact) mass is 555 g/mol. The van der Waals surface area contributed by atoms with Gasteiger partial charge < -0.3 is 9.47 Å². The van der Waals surface area contributed by atoms with E-state index in [1.807, 2.05) is 0 Å². The zero-order valence-corrected chi connectivity index (χ0v) is 21.9. The standard InChI is InChI=1S/C28H21N5O8/c1-16-12-19(10-11-20(16)29-13-34)25(37)26(40-27(38)32-23-8-4-6-21(17(23)2)30-14-35)41-28(39)33-24-9-5-7-22(18(24)3)31-15-36/h4-12,26H,1-3H3,(H,32,38)(H,33,39). The minimum atomic E-state index is -2.07. The predicted octanol–water partition coefficient (Wildman–Crippen LogP) is 5.52. The van der Waals surface area contributed by atoms with E-state index < -0.39 is 24.3 Å². The zero-order chi connectivity index (χ0) is 29.9. The van der Waals surface area contributed by atoms with Gasteiger partial charge in [-0.3, -0.25) is 15.4 Å². The Bertz CT molecular complexity index is 1580. The number of hydrogen-bond donors (Lipinski definition) is 2. The van der Waals surface area contributed by atoms with Gasteiger partial charge in [0.1, 0.15) is 0 Å². The maximum atomic E-state index is 13.3. The number of rotatable bonds is 9. The molecule has 0 saturated heterocycles. The second-order valence-corrected chi connectivity index (χ2v) is 8.27. The average molecular weight is 556 g/mol. The van der Waals surface area contributed by atoms with Crippen molar-refractivity contribution in [1.82, 2.24) is 0 Å². The average Bonchev–Trinajstić information content (AvgIpc) is 2.94. The number of aryl methyl sites for hydroxylation is 1. The summed E-state index contributed by atoms with van der Waals surface area (Å²) in [5.41, 5.74) is 2.38. The molecule has 0 heterocycles. The third kappa shape index (κ3) is 7.53. The number of amides is 2. The summed E-state index contributed by atoms with van der Waals surface area (Å²) in [6.07, 6.45) is -0.162. The van der Waals surface area contributed by atoms with Crippen LogP contribution in [0.25, 0.3) is 0 Å². The number of aliphatic imine (C=N–C) groups is 3. The molecule has 0 spiro atoms. The molecule has 3 aromatic carbocycles. The molecule has 0 unspecified atom stereocenters. The number of hydrogen-bond acceptors (Lipinski definition) is 11. The van der Waals surface area contributed by atoms with Gasteiger partial charge in [0.2, 0.25) is 24.0 Å². The Morgan fingerprint density at radius 1 is 0.683 bits per heavy atom. The predicted molar refractivity (Wildman–Crippen MR) is 145 cm³/mol. The van der Waals surface area contributed by atoms with Gasteiger partial charge in [0.25, 0.3) is 0 Å². The third-order valence-corrected chi connectivity index (χ3v) is 5.71. The highest BCUT2D eigenvalue weighted by Gasteiger charge is 2.29. The van der Waals surface area contributed by atoms with E-state index in [9.17, 15) is 28.8 Å². The number of ether oxygens (including phenoxy) is 2. The lowest BCUT2D eigenvalue weighted by Gasteiger charge is -2.19. The highest BCUT2D eigenvalue weighted by atomic mass is 16.7. The van der Waals surface area contributed by atoms with Crippen molar-refractivity contribution in [1.29, 1.82) is 0 Å². The van der Waals surface area contributed by atoms with Crippen LogP contribution in [0.15, 0.2) is 69.6 Å². The number of nitrogens with one attached hydrogen (secondary N) is 2. The minimum Gasteiger partial charge on any atom is -0.400 e. The molecule has 0 aliphatic rings. The second kappa shape index (κ2) is 13.7. The van der Waals surface area contributed by atoms with Crippen molar-refractivity contribution >= 4 is 64.6 Å². The van der Waals surface area contributed by atoms with Crippen molar-refractivity contribution in [2.75, 3.05) is 10.6 Å². The first-order chi connectivity index (χ1) is 19.7. The molecule has 0 aliphatic heterocycles. The summed E-state index contributed by atoms with van der Waals surface area (Å²) < 4.78 is 10.4. The van der Waals surface area contributed by atoms with Crippen LogP contribution in [0.4, 0.5) is 38.0 Å². The minimum absolute atomic E-state index is 0.0186. The number of carbonyl (C=O) groups excluding carboxylic acids is 6. The van der Waals surface area contributed by atoms with E-state index in [-0.39, 0.29) is 34.0 Å². The summed E-state index contributed by atoms with van der Waals surface area (Å²) in [5.74, 6) is -0.910. The van der Waals surface area contributed by atoms with Crippen LogP contribution in [-0.2, 0) is 23.9 Å². The molecule has 2 amide bonds. The Morgan fingerprint density at radius 2 is 1.15 bits per heavy atom. The van der Waals surface area contributed by atoms with Crippen LogP contribution in [0.3, 0.4) is 0 Å². The van der Waals surface area contributed by atoms with E-state index in [1.54, 1.807) is 20.8 Å². The number of benzene rings is 3. The lowest BCUT2D eigenvalue weighted by Crippen LogP contribution is -2.35. The molecule has 0 bridgehead atoms. The van der Waals surface area contributed by atoms with Crippen LogP contribution in [0.5, 0.6) is 0 Å². The van der Waals surface area contributed by atoms with Crippen molar-refractivity contribution in [3.63, 3.8) is 0 Å². The topological polar surface area (TPSA) is 182 Å². The molecule has 3 rings (SSSR count). The van der Waals surface area contributed by atoms with Crippen LogP contribution >= 0.6 is 0 Å². The van der Waals surface area contributed by atoms with Gasteiger partial charge in [-0.15, -0.1) is 0 Å². The quantitative estimate of drug-likeness (QED) is 0.150. The highest BCUT2D eigenvalue weighted by molar-refractivity contribution is 6.02. The summed E-state index contributed by atoms with van der Waals surface area (Å²) in [4.78, 5) is 81.5. The summed E-state index contributed by atoms with van der Waals surface area (Å²) in [6.45, 7) is 4.74. The van der Waals surface area contributed by atoms with Crippen LogP contribution < -0.4 is 10.6 Å². The van der Waals surface area contributed by atoms with Crippen LogP contribution in [0, 0.1) is 20.8 Å². The van der Waals surface area contributed by atoms with E-state index in [0.717, 1.165) is 0 Å². The molecule has 13 nitrogen and oxygen atoms in total. The molecule has 3 aromatic rings. The normalized spacial score (nSPS) is 10.5. The molecule has 0 atom stereocenters. The lowest BCUT2D eigenvalue weighted by molar-refractivity contribution is -0.0328. The van der Waals surface area contributed by atoms with Gasteiger partial charge in [0.05, 0.1) is 17.1 Å². The van der Waals surface area contributed by atoms with Gasteiger partial charge >= 0.3 is 18.5 Å². The molecular formula is C28H21N5O8. The van der Waals surface area contributed by atoms with E-state index >= 15 is 0 Å². The van der Waals surface area contributed by atoms with Crippen LogP contribution in [0.2, 0.25) is 0 Å². The molecule has 206 valence electrons. The van der Waals surface area contributed by atoms with Crippen LogP contribution in [-0.4, -0.2) is 42.5 Å². The fourth-order valence-electron chi connectivity index (χ4n) is 3.58. The Labute approximate surface area is 232 Å². The molecule has 0 fully saturated rings. The highest BCUT2D eigenvalue weighted by Crippen LogP contribution is 2.27. The molecule has 0 aromatic heterocycles. The number of isocyanates is 3. The van der Waals surface area contributed by atoms with Gasteiger partial charge in [-0.25, -0.2) is 24.0 Å². The zero-order valence-electron chi connectivity index (χ0n) is 21.9. The Hall–Kier alpha value is -5.99. The first kappa shape index (κ1) is 29.6. The van der Waals surface area contributed by atoms with Gasteiger partial charge in [-0.1, -0.05) is 12.1 Å². The largest absolute Gasteiger partial charge is 0.415 e. The van der Waals surface area contributed by atoms with E-state index in [2.05, 4.69) is 25.6 Å². The molecule has 0 aliphatic carbocycles.